The molecule has 1 aromatic rings. The number of hydrogen-bond donors (Lipinski definition) is 1. The lowest BCUT2D eigenvalue weighted by molar-refractivity contribution is 0.120. The van der Waals surface area contributed by atoms with Gasteiger partial charge in [-0.1, -0.05) is 26.8 Å². The summed E-state index contributed by atoms with van der Waals surface area (Å²) in [4.78, 5) is 4.38. The topological polar surface area (TPSA) is 24.9 Å². The summed E-state index contributed by atoms with van der Waals surface area (Å²) in [6, 6.07) is 4.96. The third kappa shape index (κ3) is 1.92. The first kappa shape index (κ1) is 13.1. The lowest BCUT2D eigenvalue weighted by Crippen LogP contribution is -2.44. The molecule has 0 aromatic carbocycles. The minimum atomic E-state index is 0.468. The first-order valence-corrected chi connectivity index (χ1v) is 7.58. The molecule has 3 unspecified atom stereocenters. The van der Waals surface area contributed by atoms with Crippen LogP contribution in [-0.2, 0) is 6.54 Å². The van der Waals surface area contributed by atoms with Crippen LogP contribution < -0.4 is 5.32 Å². The quantitative estimate of drug-likeness (QED) is 0.894. The summed E-state index contributed by atoms with van der Waals surface area (Å²) in [5, 5.41) is 3.80. The average molecular weight is 258 g/mol. The van der Waals surface area contributed by atoms with Crippen molar-refractivity contribution < 1.29 is 0 Å². The molecule has 2 fully saturated rings. The van der Waals surface area contributed by atoms with Gasteiger partial charge in [0.05, 0.1) is 0 Å². The molecule has 2 aliphatic carbocycles. The van der Waals surface area contributed by atoms with Crippen molar-refractivity contribution in [3.8, 4) is 0 Å². The van der Waals surface area contributed by atoms with E-state index in [1.807, 2.05) is 13.1 Å². The van der Waals surface area contributed by atoms with Crippen LogP contribution in [0.3, 0.4) is 0 Å². The van der Waals surface area contributed by atoms with Gasteiger partial charge in [-0.25, -0.2) is 0 Å². The molecule has 2 bridgehead atoms. The Morgan fingerprint density at radius 1 is 1.32 bits per heavy atom. The maximum Gasteiger partial charge on any atom is 0.0372 e. The lowest BCUT2D eigenvalue weighted by atomic mass is 9.69. The van der Waals surface area contributed by atoms with E-state index in [2.05, 4.69) is 43.2 Å². The van der Waals surface area contributed by atoms with Crippen LogP contribution in [0, 0.1) is 23.7 Å². The van der Waals surface area contributed by atoms with E-state index in [4.69, 9.17) is 0 Å². The van der Waals surface area contributed by atoms with Gasteiger partial charge in [-0.15, -0.1) is 0 Å². The molecular formula is C17H26N2. The van der Waals surface area contributed by atoms with E-state index < -0.39 is 0 Å². The molecule has 2 saturated carbocycles. The van der Waals surface area contributed by atoms with E-state index in [0.29, 0.717) is 16.9 Å². The number of aryl methyl sites for hydroxylation is 1. The van der Waals surface area contributed by atoms with E-state index in [1.165, 1.54) is 24.8 Å². The van der Waals surface area contributed by atoms with E-state index in [1.54, 1.807) is 0 Å². The lowest BCUT2D eigenvalue weighted by Gasteiger charge is -2.39. The van der Waals surface area contributed by atoms with E-state index in [0.717, 1.165) is 18.2 Å². The Hall–Kier alpha value is -0.890. The largest absolute Gasteiger partial charge is 0.309 e. The maximum absolute atomic E-state index is 4.38. The molecule has 19 heavy (non-hydrogen) atoms. The highest BCUT2D eigenvalue weighted by Gasteiger charge is 2.60. The highest BCUT2D eigenvalue weighted by molar-refractivity contribution is 5.16. The summed E-state index contributed by atoms with van der Waals surface area (Å²) in [6.07, 6.45) is 6.16. The molecule has 104 valence electrons. The second-order valence-electron chi connectivity index (χ2n) is 7.35. The van der Waals surface area contributed by atoms with Gasteiger partial charge in [0.1, 0.15) is 0 Å². The zero-order valence-corrected chi connectivity index (χ0v) is 12.7. The highest BCUT2D eigenvalue weighted by atomic mass is 15.0. The van der Waals surface area contributed by atoms with Crippen molar-refractivity contribution in [1.29, 1.82) is 0 Å². The molecule has 2 nitrogen and oxygen atoms in total. The van der Waals surface area contributed by atoms with E-state index >= 15 is 0 Å². The normalized spacial score (nSPS) is 35.8. The van der Waals surface area contributed by atoms with Crippen molar-refractivity contribution in [3.05, 3.63) is 29.6 Å². The Morgan fingerprint density at radius 2 is 2.11 bits per heavy atom. The Morgan fingerprint density at radius 3 is 2.63 bits per heavy atom. The van der Waals surface area contributed by atoms with Crippen molar-refractivity contribution in [3.63, 3.8) is 0 Å². The van der Waals surface area contributed by atoms with Crippen LogP contribution >= 0.6 is 0 Å². The smallest absolute Gasteiger partial charge is 0.0372 e. The van der Waals surface area contributed by atoms with Crippen LogP contribution in [-0.4, -0.2) is 11.0 Å². The van der Waals surface area contributed by atoms with Crippen molar-refractivity contribution >= 4 is 0 Å². The van der Waals surface area contributed by atoms with Gasteiger partial charge in [0.2, 0.25) is 0 Å². The van der Waals surface area contributed by atoms with Gasteiger partial charge in [0.25, 0.3) is 0 Å². The summed E-state index contributed by atoms with van der Waals surface area (Å²) >= 11 is 0. The zero-order chi connectivity index (χ0) is 13.7. The Bertz CT molecular complexity index is 463. The van der Waals surface area contributed by atoms with Gasteiger partial charge in [0.15, 0.2) is 0 Å². The molecule has 2 heteroatoms. The fourth-order valence-electron chi connectivity index (χ4n) is 4.36. The van der Waals surface area contributed by atoms with Gasteiger partial charge in [-0.2, -0.15) is 0 Å². The molecule has 0 saturated heterocycles. The van der Waals surface area contributed by atoms with Gasteiger partial charge in [-0.3, -0.25) is 4.98 Å². The SMILES string of the molecule is Cc1ccc(CNC2CC3CCC2(C)C3(C)C)cn1. The summed E-state index contributed by atoms with van der Waals surface area (Å²) < 4.78 is 0. The number of hydrogen-bond acceptors (Lipinski definition) is 2. The number of aromatic nitrogens is 1. The number of nitrogens with one attached hydrogen (secondary N) is 1. The van der Waals surface area contributed by atoms with E-state index in [-0.39, 0.29) is 0 Å². The molecular weight excluding hydrogens is 232 g/mol. The molecule has 1 N–H and O–H groups in total. The van der Waals surface area contributed by atoms with Crippen LogP contribution in [0.25, 0.3) is 0 Å². The fourth-order valence-corrected chi connectivity index (χ4v) is 4.36. The Kier molecular flexibility index (Phi) is 2.97. The Labute approximate surface area is 117 Å². The second-order valence-corrected chi connectivity index (χ2v) is 7.35. The molecule has 0 aliphatic heterocycles. The van der Waals surface area contributed by atoms with Crippen LogP contribution in [0.1, 0.15) is 51.3 Å². The monoisotopic (exact) mass is 258 g/mol. The first-order valence-electron chi connectivity index (χ1n) is 7.58. The molecule has 3 atom stereocenters. The van der Waals surface area contributed by atoms with Crippen molar-refractivity contribution in [2.45, 2.75) is 59.5 Å². The summed E-state index contributed by atoms with van der Waals surface area (Å²) in [6.45, 7) is 10.4. The highest BCUT2D eigenvalue weighted by Crippen LogP contribution is 2.65. The number of fused-ring (bicyclic) bond motifs is 2. The fraction of sp³-hybridized carbons (Fsp3) is 0.706. The predicted molar refractivity (Wildman–Crippen MR) is 78.8 cm³/mol. The Balaban J connectivity index is 1.67. The summed E-state index contributed by atoms with van der Waals surface area (Å²) in [7, 11) is 0. The molecule has 0 amide bonds. The van der Waals surface area contributed by atoms with Gasteiger partial charge in [0, 0.05) is 24.5 Å². The third-order valence-electron chi connectivity index (χ3n) is 6.32. The predicted octanol–water partition coefficient (Wildman–Crippen LogP) is 3.69. The number of rotatable bonds is 3. The van der Waals surface area contributed by atoms with Crippen LogP contribution in [0.4, 0.5) is 0 Å². The molecule has 3 rings (SSSR count). The molecule has 0 spiro atoms. The summed E-state index contributed by atoms with van der Waals surface area (Å²) in [5.41, 5.74) is 3.36. The van der Waals surface area contributed by atoms with Crippen LogP contribution in [0.5, 0.6) is 0 Å². The number of nitrogens with zero attached hydrogens (tertiary/aromatic N) is 1. The average Bonchev–Trinajstić information content (AvgIpc) is 2.71. The molecule has 1 aromatic heterocycles. The van der Waals surface area contributed by atoms with Crippen molar-refractivity contribution in [2.75, 3.05) is 0 Å². The third-order valence-corrected chi connectivity index (χ3v) is 6.32. The zero-order valence-electron chi connectivity index (χ0n) is 12.7. The minimum Gasteiger partial charge on any atom is -0.309 e. The van der Waals surface area contributed by atoms with Crippen molar-refractivity contribution in [2.24, 2.45) is 16.7 Å². The minimum absolute atomic E-state index is 0.468. The number of pyridine rings is 1. The first-order chi connectivity index (χ1) is 8.93. The summed E-state index contributed by atoms with van der Waals surface area (Å²) in [5.74, 6) is 0.908. The standard InChI is InChI=1S/C17H26N2/c1-12-5-6-13(10-18-12)11-19-15-9-14-7-8-17(15,4)16(14,2)3/h5-6,10,14-15,19H,7-9,11H2,1-4H3. The van der Waals surface area contributed by atoms with E-state index in [9.17, 15) is 0 Å². The van der Waals surface area contributed by atoms with Crippen LogP contribution in [0.15, 0.2) is 18.3 Å². The molecule has 0 radical (unpaired) electrons. The van der Waals surface area contributed by atoms with Gasteiger partial charge < -0.3 is 5.32 Å². The maximum atomic E-state index is 4.38. The molecule has 1 heterocycles. The van der Waals surface area contributed by atoms with Crippen LogP contribution in [0.2, 0.25) is 0 Å². The van der Waals surface area contributed by atoms with Gasteiger partial charge in [-0.05, 0) is 54.6 Å². The molecule has 2 aliphatic rings. The second kappa shape index (κ2) is 4.31. The van der Waals surface area contributed by atoms with Crippen molar-refractivity contribution in [1.82, 2.24) is 10.3 Å². The van der Waals surface area contributed by atoms with Gasteiger partial charge >= 0.3 is 0 Å².